The van der Waals surface area contributed by atoms with E-state index in [1.54, 1.807) is 0 Å². The van der Waals surface area contributed by atoms with E-state index in [2.05, 4.69) is 11.8 Å². The SMILES string of the molecule is CC1CC1C(=O)N1CCCC(CCCl)C1. The molecule has 3 unspecified atom stereocenters. The first kappa shape index (κ1) is 11.3. The predicted octanol–water partition coefficient (Wildman–Crippen LogP) is 2.51. The van der Waals surface area contributed by atoms with Gasteiger partial charge in [0.2, 0.25) is 5.91 Å². The molecule has 1 saturated heterocycles. The Morgan fingerprint density at radius 3 is 2.87 bits per heavy atom. The van der Waals surface area contributed by atoms with Gasteiger partial charge in [-0.1, -0.05) is 6.92 Å². The fourth-order valence-corrected chi connectivity index (χ4v) is 2.86. The van der Waals surface area contributed by atoms with E-state index < -0.39 is 0 Å². The van der Waals surface area contributed by atoms with Gasteiger partial charge >= 0.3 is 0 Å². The monoisotopic (exact) mass is 229 g/mol. The molecule has 1 amide bonds. The number of hydrogen-bond donors (Lipinski definition) is 0. The smallest absolute Gasteiger partial charge is 0.225 e. The summed E-state index contributed by atoms with van der Waals surface area (Å²) in [6.07, 6.45) is 4.58. The zero-order valence-corrected chi connectivity index (χ0v) is 10.2. The van der Waals surface area contributed by atoms with Crippen LogP contribution < -0.4 is 0 Å². The minimum atomic E-state index is 0.347. The molecular weight excluding hydrogens is 210 g/mol. The number of carbonyl (C=O) groups excluding carboxylic acids is 1. The third kappa shape index (κ3) is 2.66. The van der Waals surface area contributed by atoms with Crippen LogP contribution in [0.5, 0.6) is 0 Å². The molecule has 0 spiro atoms. The number of alkyl halides is 1. The van der Waals surface area contributed by atoms with Crippen LogP contribution in [0.4, 0.5) is 0 Å². The lowest BCUT2D eigenvalue weighted by atomic mass is 9.95. The lowest BCUT2D eigenvalue weighted by molar-refractivity contribution is -0.134. The lowest BCUT2D eigenvalue weighted by Crippen LogP contribution is -2.41. The van der Waals surface area contributed by atoms with Gasteiger partial charge in [-0.2, -0.15) is 0 Å². The molecular formula is C12H20ClNO. The highest BCUT2D eigenvalue weighted by Crippen LogP contribution is 2.39. The second kappa shape index (κ2) is 4.73. The molecule has 1 aliphatic heterocycles. The minimum absolute atomic E-state index is 0.347. The molecule has 2 rings (SSSR count). The first-order valence-corrected chi connectivity index (χ1v) is 6.60. The Kier molecular flexibility index (Phi) is 3.55. The number of hydrogen-bond acceptors (Lipinski definition) is 1. The van der Waals surface area contributed by atoms with Crippen LogP contribution in [0.1, 0.15) is 32.6 Å². The number of carbonyl (C=O) groups is 1. The van der Waals surface area contributed by atoms with E-state index in [1.165, 1.54) is 6.42 Å². The van der Waals surface area contributed by atoms with E-state index in [9.17, 15) is 4.79 Å². The van der Waals surface area contributed by atoms with Gasteiger partial charge in [0.25, 0.3) is 0 Å². The van der Waals surface area contributed by atoms with Crippen molar-refractivity contribution in [3.8, 4) is 0 Å². The van der Waals surface area contributed by atoms with Crippen LogP contribution in [0.15, 0.2) is 0 Å². The minimum Gasteiger partial charge on any atom is -0.342 e. The van der Waals surface area contributed by atoms with E-state index in [4.69, 9.17) is 11.6 Å². The number of halogens is 1. The van der Waals surface area contributed by atoms with E-state index >= 15 is 0 Å². The number of piperidine rings is 1. The molecule has 0 bridgehead atoms. The van der Waals surface area contributed by atoms with Gasteiger partial charge in [0.1, 0.15) is 0 Å². The summed E-state index contributed by atoms with van der Waals surface area (Å²) >= 11 is 5.76. The van der Waals surface area contributed by atoms with Crippen molar-refractivity contribution in [1.29, 1.82) is 0 Å². The molecule has 2 fully saturated rings. The van der Waals surface area contributed by atoms with Crippen molar-refractivity contribution in [3.63, 3.8) is 0 Å². The Balaban J connectivity index is 1.84. The average Bonchev–Trinajstić information content (AvgIpc) is 2.95. The van der Waals surface area contributed by atoms with Crippen molar-refractivity contribution in [1.82, 2.24) is 4.90 Å². The molecule has 1 saturated carbocycles. The molecule has 1 aliphatic carbocycles. The third-order valence-corrected chi connectivity index (χ3v) is 3.99. The summed E-state index contributed by atoms with van der Waals surface area (Å²) in [6, 6.07) is 0. The van der Waals surface area contributed by atoms with Gasteiger partial charge in [0, 0.05) is 24.9 Å². The largest absolute Gasteiger partial charge is 0.342 e. The fraction of sp³-hybridized carbons (Fsp3) is 0.917. The van der Waals surface area contributed by atoms with Gasteiger partial charge in [-0.25, -0.2) is 0 Å². The molecule has 3 atom stereocenters. The van der Waals surface area contributed by atoms with Crippen LogP contribution in [0.25, 0.3) is 0 Å². The Morgan fingerprint density at radius 1 is 1.53 bits per heavy atom. The molecule has 3 heteroatoms. The van der Waals surface area contributed by atoms with Crippen LogP contribution in [-0.4, -0.2) is 29.8 Å². The fourth-order valence-electron chi connectivity index (χ4n) is 2.56. The van der Waals surface area contributed by atoms with Gasteiger partial charge in [0.15, 0.2) is 0 Å². The maximum atomic E-state index is 12.0. The summed E-state index contributed by atoms with van der Waals surface area (Å²) in [4.78, 5) is 14.1. The standard InChI is InChI=1S/C12H20ClNO/c1-9-7-11(9)12(15)14-6-2-3-10(8-14)4-5-13/h9-11H,2-8H2,1H3. The van der Waals surface area contributed by atoms with Gasteiger partial charge in [-0.05, 0) is 37.5 Å². The molecule has 0 aromatic heterocycles. The summed E-state index contributed by atoms with van der Waals surface area (Å²) in [5.74, 6) is 2.76. The zero-order valence-electron chi connectivity index (χ0n) is 9.42. The number of rotatable bonds is 3. The molecule has 0 radical (unpaired) electrons. The molecule has 86 valence electrons. The summed E-state index contributed by atoms with van der Waals surface area (Å²) in [6.45, 7) is 4.10. The quantitative estimate of drug-likeness (QED) is 0.681. The van der Waals surface area contributed by atoms with Crippen molar-refractivity contribution in [2.75, 3.05) is 19.0 Å². The molecule has 0 aromatic carbocycles. The van der Waals surface area contributed by atoms with E-state index in [0.29, 0.717) is 23.7 Å². The van der Waals surface area contributed by atoms with Crippen LogP contribution >= 0.6 is 11.6 Å². The van der Waals surface area contributed by atoms with Crippen LogP contribution in [-0.2, 0) is 4.79 Å². The van der Waals surface area contributed by atoms with Crippen LogP contribution in [0.2, 0.25) is 0 Å². The number of likely N-dealkylation sites (tertiary alicyclic amines) is 1. The van der Waals surface area contributed by atoms with Crippen molar-refractivity contribution < 1.29 is 4.79 Å². The van der Waals surface area contributed by atoms with Crippen LogP contribution in [0.3, 0.4) is 0 Å². The Morgan fingerprint density at radius 2 is 2.27 bits per heavy atom. The first-order valence-electron chi connectivity index (χ1n) is 6.07. The Hall–Kier alpha value is -0.240. The average molecular weight is 230 g/mol. The third-order valence-electron chi connectivity index (χ3n) is 3.77. The van der Waals surface area contributed by atoms with Crippen molar-refractivity contribution >= 4 is 17.5 Å². The van der Waals surface area contributed by atoms with Gasteiger partial charge in [0.05, 0.1) is 0 Å². The lowest BCUT2D eigenvalue weighted by Gasteiger charge is -2.32. The molecule has 1 heterocycles. The normalized spacial score (nSPS) is 35.3. The van der Waals surface area contributed by atoms with Crippen molar-refractivity contribution in [2.24, 2.45) is 17.8 Å². The van der Waals surface area contributed by atoms with E-state index in [1.807, 2.05) is 0 Å². The second-order valence-corrected chi connectivity index (χ2v) is 5.47. The highest BCUT2D eigenvalue weighted by atomic mass is 35.5. The Labute approximate surface area is 97.0 Å². The highest BCUT2D eigenvalue weighted by Gasteiger charge is 2.42. The highest BCUT2D eigenvalue weighted by molar-refractivity contribution is 6.17. The van der Waals surface area contributed by atoms with E-state index in [0.717, 1.165) is 38.2 Å². The van der Waals surface area contributed by atoms with Gasteiger partial charge in [-0.15, -0.1) is 11.6 Å². The molecule has 2 nitrogen and oxygen atoms in total. The summed E-state index contributed by atoms with van der Waals surface area (Å²) in [7, 11) is 0. The summed E-state index contributed by atoms with van der Waals surface area (Å²) in [5.41, 5.74) is 0. The second-order valence-electron chi connectivity index (χ2n) is 5.09. The van der Waals surface area contributed by atoms with E-state index in [-0.39, 0.29) is 0 Å². The maximum Gasteiger partial charge on any atom is 0.225 e. The zero-order chi connectivity index (χ0) is 10.8. The van der Waals surface area contributed by atoms with Gasteiger partial charge < -0.3 is 4.90 Å². The van der Waals surface area contributed by atoms with Crippen LogP contribution in [0, 0.1) is 17.8 Å². The molecule has 0 aromatic rings. The van der Waals surface area contributed by atoms with Crippen molar-refractivity contribution in [2.45, 2.75) is 32.6 Å². The van der Waals surface area contributed by atoms with Crippen molar-refractivity contribution in [3.05, 3.63) is 0 Å². The summed E-state index contributed by atoms with van der Waals surface area (Å²) in [5, 5.41) is 0. The Bertz CT molecular complexity index is 242. The molecule has 15 heavy (non-hydrogen) atoms. The predicted molar refractivity (Wildman–Crippen MR) is 61.9 cm³/mol. The number of nitrogens with zero attached hydrogens (tertiary/aromatic N) is 1. The molecule has 2 aliphatic rings. The topological polar surface area (TPSA) is 20.3 Å². The maximum absolute atomic E-state index is 12.0. The first-order chi connectivity index (χ1) is 7.22. The van der Waals surface area contributed by atoms with Gasteiger partial charge in [-0.3, -0.25) is 4.79 Å². The summed E-state index contributed by atoms with van der Waals surface area (Å²) < 4.78 is 0. The number of amides is 1. The molecule has 0 N–H and O–H groups in total.